The van der Waals surface area contributed by atoms with Crippen molar-refractivity contribution in [1.29, 1.82) is 0 Å². The highest BCUT2D eigenvalue weighted by Crippen LogP contribution is 2.30. The number of hydrogen-bond acceptors (Lipinski definition) is 3. The molecule has 0 radical (unpaired) electrons. The van der Waals surface area contributed by atoms with Crippen molar-refractivity contribution in [3.63, 3.8) is 0 Å². The third-order valence-electron chi connectivity index (χ3n) is 2.71. The minimum absolute atomic E-state index is 0.210. The van der Waals surface area contributed by atoms with Crippen LogP contribution in [0.1, 0.15) is 5.56 Å². The Hall–Kier alpha value is -0.430. The van der Waals surface area contributed by atoms with E-state index >= 15 is 0 Å². The maximum Gasteiger partial charge on any atom is 0.232 e. The van der Waals surface area contributed by atoms with E-state index in [1.807, 2.05) is 28.8 Å². The summed E-state index contributed by atoms with van der Waals surface area (Å²) in [5.41, 5.74) is 1.19. The quantitative estimate of drug-likeness (QED) is 0.598. The van der Waals surface area contributed by atoms with Crippen LogP contribution in [-0.2, 0) is 11.3 Å². The first-order chi connectivity index (χ1) is 8.24. The number of thioether (sulfide) groups is 1. The average Bonchev–Trinajstić information content (AvgIpc) is 2.58. The van der Waals surface area contributed by atoms with Gasteiger partial charge < -0.3 is 9.64 Å². The summed E-state index contributed by atoms with van der Waals surface area (Å²) in [5, 5.41) is 0. The summed E-state index contributed by atoms with van der Waals surface area (Å²) in [6.07, 6.45) is 0. The van der Waals surface area contributed by atoms with Crippen molar-refractivity contribution in [3.05, 3.63) is 23.8 Å². The third-order valence-corrected chi connectivity index (χ3v) is 4.46. The SMILES string of the molecule is COc1ccc2c(c1)CN(C(=O)CI)CCS2. The van der Waals surface area contributed by atoms with E-state index in [2.05, 4.69) is 28.7 Å². The predicted molar refractivity (Wildman–Crippen MR) is 78.0 cm³/mol. The highest BCUT2D eigenvalue weighted by atomic mass is 127. The van der Waals surface area contributed by atoms with Gasteiger partial charge in [-0.05, 0) is 23.8 Å². The van der Waals surface area contributed by atoms with Gasteiger partial charge in [-0.2, -0.15) is 0 Å². The molecule has 92 valence electrons. The number of rotatable bonds is 2. The van der Waals surface area contributed by atoms with Gasteiger partial charge in [0.15, 0.2) is 0 Å². The monoisotopic (exact) mass is 363 g/mol. The van der Waals surface area contributed by atoms with E-state index in [0.29, 0.717) is 11.0 Å². The molecule has 2 rings (SSSR count). The molecule has 0 spiro atoms. The lowest BCUT2D eigenvalue weighted by molar-refractivity contribution is -0.128. The Morgan fingerprint density at radius 1 is 1.59 bits per heavy atom. The molecule has 17 heavy (non-hydrogen) atoms. The number of carbonyl (C=O) groups is 1. The van der Waals surface area contributed by atoms with Crippen LogP contribution in [0.25, 0.3) is 0 Å². The summed E-state index contributed by atoms with van der Waals surface area (Å²) in [6.45, 7) is 1.52. The number of alkyl halides is 1. The molecule has 1 amide bonds. The number of benzene rings is 1. The lowest BCUT2D eigenvalue weighted by atomic mass is 10.2. The second-order valence-electron chi connectivity index (χ2n) is 3.77. The van der Waals surface area contributed by atoms with Crippen molar-refractivity contribution >= 4 is 40.3 Å². The van der Waals surface area contributed by atoms with Crippen molar-refractivity contribution in [1.82, 2.24) is 4.90 Å². The van der Waals surface area contributed by atoms with Crippen LogP contribution in [0, 0.1) is 0 Å². The molecule has 1 aliphatic rings. The molecule has 3 nitrogen and oxygen atoms in total. The van der Waals surface area contributed by atoms with E-state index in [9.17, 15) is 4.79 Å². The van der Waals surface area contributed by atoms with Gasteiger partial charge in [-0.25, -0.2) is 0 Å². The summed E-state index contributed by atoms with van der Waals surface area (Å²) in [7, 11) is 1.67. The Morgan fingerprint density at radius 2 is 2.41 bits per heavy atom. The molecule has 0 saturated heterocycles. The summed E-state index contributed by atoms with van der Waals surface area (Å²) < 4.78 is 5.77. The number of nitrogens with zero attached hydrogens (tertiary/aromatic N) is 1. The predicted octanol–water partition coefficient (Wildman–Crippen LogP) is 2.56. The van der Waals surface area contributed by atoms with E-state index in [4.69, 9.17) is 4.74 Å². The Labute approximate surface area is 119 Å². The van der Waals surface area contributed by atoms with Crippen LogP contribution in [0.4, 0.5) is 0 Å². The van der Waals surface area contributed by atoms with Crippen LogP contribution in [0.5, 0.6) is 5.75 Å². The molecule has 1 aliphatic heterocycles. The third kappa shape index (κ3) is 3.07. The molecule has 0 saturated carbocycles. The number of fused-ring (bicyclic) bond motifs is 1. The van der Waals surface area contributed by atoms with Crippen LogP contribution in [-0.4, -0.2) is 34.6 Å². The molecule has 0 atom stereocenters. The molecule has 1 aromatic rings. The molecule has 0 aromatic heterocycles. The van der Waals surface area contributed by atoms with Gasteiger partial charge in [0, 0.05) is 23.7 Å². The van der Waals surface area contributed by atoms with Crippen molar-refractivity contribution < 1.29 is 9.53 Å². The second-order valence-corrected chi connectivity index (χ2v) is 5.67. The van der Waals surface area contributed by atoms with Crippen molar-refractivity contribution in [2.75, 3.05) is 23.8 Å². The van der Waals surface area contributed by atoms with Gasteiger partial charge in [-0.3, -0.25) is 4.79 Å². The molecule has 0 unspecified atom stereocenters. The molecule has 0 aliphatic carbocycles. The van der Waals surface area contributed by atoms with Gasteiger partial charge in [0.25, 0.3) is 0 Å². The first kappa shape index (κ1) is 13.0. The van der Waals surface area contributed by atoms with E-state index in [-0.39, 0.29) is 5.91 Å². The van der Waals surface area contributed by atoms with Crippen LogP contribution in [0.2, 0.25) is 0 Å². The van der Waals surface area contributed by atoms with Gasteiger partial charge >= 0.3 is 0 Å². The molecular formula is C12H14INO2S. The molecule has 1 heterocycles. The first-order valence-corrected chi connectivity index (χ1v) is 7.89. The fourth-order valence-corrected chi connectivity index (χ4v) is 3.28. The molecule has 0 fully saturated rings. The van der Waals surface area contributed by atoms with Crippen LogP contribution >= 0.6 is 34.4 Å². The highest BCUT2D eigenvalue weighted by Gasteiger charge is 2.18. The normalized spacial score (nSPS) is 15.1. The molecule has 5 heteroatoms. The Balaban J connectivity index is 2.25. The van der Waals surface area contributed by atoms with Gasteiger partial charge in [0.05, 0.1) is 11.5 Å². The maximum atomic E-state index is 11.8. The average molecular weight is 363 g/mol. The number of hydrogen-bond donors (Lipinski definition) is 0. The fraction of sp³-hybridized carbons (Fsp3) is 0.417. The number of ether oxygens (including phenoxy) is 1. The van der Waals surface area contributed by atoms with Crippen LogP contribution in [0.3, 0.4) is 0 Å². The Morgan fingerprint density at radius 3 is 3.12 bits per heavy atom. The fourth-order valence-electron chi connectivity index (χ4n) is 1.80. The summed E-state index contributed by atoms with van der Waals surface area (Å²) in [6, 6.07) is 6.08. The van der Waals surface area contributed by atoms with Gasteiger partial charge in [0.1, 0.15) is 5.75 Å². The molecule has 0 bridgehead atoms. The largest absolute Gasteiger partial charge is 0.497 e. The lowest BCUT2D eigenvalue weighted by Crippen LogP contribution is -2.32. The van der Waals surface area contributed by atoms with Crippen molar-refractivity contribution in [2.24, 2.45) is 0 Å². The molecular weight excluding hydrogens is 349 g/mol. The summed E-state index contributed by atoms with van der Waals surface area (Å²) in [4.78, 5) is 14.9. The first-order valence-electron chi connectivity index (χ1n) is 5.38. The van der Waals surface area contributed by atoms with Gasteiger partial charge in [0.2, 0.25) is 5.91 Å². The van der Waals surface area contributed by atoms with Crippen molar-refractivity contribution in [3.8, 4) is 5.75 Å². The smallest absolute Gasteiger partial charge is 0.232 e. The number of carbonyl (C=O) groups excluding carboxylic acids is 1. The number of methoxy groups -OCH3 is 1. The summed E-state index contributed by atoms with van der Waals surface area (Å²) in [5.74, 6) is 2.02. The molecule has 0 N–H and O–H groups in total. The Kier molecular flexibility index (Phi) is 4.55. The second kappa shape index (κ2) is 5.95. The van der Waals surface area contributed by atoms with Crippen LogP contribution < -0.4 is 4.74 Å². The Bertz CT molecular complexity index is 425. The van der Waals surface area contributed by atoms with E-state index in [0.717, 1.165) is 18.0 Å². The number of amides is 1. The lowest BCUT2D eigenvalue weighted by Gasteiger charge is -2.19. The minimum Gasteiger partial charge on any atom is -0.497 e. The minimum atomic E-state index is 0.210. The summed E-state index contributed by atoms with van der Waals surface area (Å²) >= 11 is 3.93. The van der Waals surface area contributed by atoms with Gasteiger partial charge in [-0.15, -0.1) is 11.8 Å². The standard InChI is InChI=1S/C12H14INO2S/c1-16-10-2-3-11-9(6-10)8-14(4-5-17-11)12(15)7-13/h2-3,6H,4-5,7-8H2,1H3. The zero-order valence-electron chi connectivity index (χ0n) is 9.61. The maximum absolute atomic E-state index is 11.8. The topological polar surface area (TPSA) is 29.5 Å². The highest BCUT2D eigenvalue weighted by molar-refractivity contribution is 14.1. The zero-order chi connectivity index (χ0) is 12.3. The van der Waals surface area contributed by atoms with Crippen molar-refractivity contribution in [2.45, 2.75) is 11.4 Å². The zero-order valence-corrected chi connectivity index (χ0v) is 12.6. The van der Waals surface area contributed by atoms with Crippen LogP contribution in [0.15, 0.2) is 23.1 Å². The number of halogens is 1. The van der Waals surface area contributed by atoms with E-state index < -0.39 is 0 Å². The van der Waals surface area contributed by atoms with E-state index in [1.54, 1.807) is 7.11 Å². The van der Waals surface area contributed by atoms with Gasteiger partial charge in [-0.1, -0.05) is 22.6 Å². The molecule has 1 aromatic carbocycles. The van der Waals surface area contributed by atoms with E-state index in [1.165, 1.54) is 10.5 Å².